The van der Waals surface area contributed by atoms with Crippen LogP contribution in [0, 0.1) is 0 Å². The molecular weight excluding hydrogens is 328 g/mol. The van der Waals surface area contributed by atoms with Crippen LogP contribution in [0.4, 0.5) is 0 Å². The zero-order valence-electron chi connectivity index (χ0n) is 13.8. The van der Waals surface area contributed by atoms with Crippen LogP contribution in [0.2, 0.25) is 4.34 Å². The number of hydrogen-bond acceptors (Lipinski definition) is 3. The summed E-state index contributed by atoms with van der Waals surface area (Å²) < 4.78 is 0.780. The number of nitrogens with zero attached hydrogens (tertiary/aromatic N) is 1. The number of hydrogen-bond donors (Lipinski definition) is 1. The van der Waals surface area contributed by atoms with E-state index in [4.69, 9.17) is 11.6 Å². The van der Waals surface area contributed by atoms with Gasteiger partial charge in [-0.25, -0.2) is 0 Å². The maximum Gasteiger partial charge on any atom is 0.237 e. The van der Waals surface area contributed by atoms with E-state index in [1.807, 2.05) is 49.2 Å². The molecule has 1 N–H and O–H groups in total. The van der Waals surface area contributed by atoms with Crippen molar-refractivity contribution in [3.8, 4) is 0 Å². The average molecular weight is 351 g/mol. The van der Waals surface area contributed by atoms with Gasteiger partial charge in [-0.2, -0.15) is 0 Å². The highest BCUT2D eigenvalue weighted by molar-refractivity contribution is 7.16. The third kappa shape index (κ3) is 5.34. The number of thiophene rings is 1. The predicted octanol–water partition coefficient (Wildman–Crippen LogP) is 4.14. The predicted molar refractivity (Wildman–Crippen MR) is 98.1 cm³/mol. The smallest absolute Gasteiger partial charge is 0.237 e. The first-order valence-corrected chi connectivity index (χ1v) is 8.94. The highest BCUT2D eigenvalue weighted by Crippen LogP contribution is 2.23. The Morgan fingerprint density at radius 3 is 2.52 bits per heavy atom. The van der Waals surface area contributed by atoms with Gasteiger partial charge in [-0.05, 0) is 37.6 Å². The molecule has 0 aliphatic heterocycles. The second-order valence-electron chi connectivity index (χ2n) is 5.85. The molecule has 2 unspecified atom stereocenters. The maximum absolute atomic E-state index is 12.3. The SMILES string of the molecule is CC(CNC(=O)C(C)N(C)Cc1ccc(Cl)s1)c1ccccc1. The summed E-state index contributed by atoms with van der Waals surface area (Å²) in [5.74, 6) is 0.353. The maximum atomic E-state index is 12.3. The van der Waals surface area contributed by atoms with E-state index in [1.54, 1.807) is 11.3 Å². The van der Waals surface area contributed by atoms with Gasteiger partial charge in [0.05, 0.1) is 10.4 Å². The number of amides is 1. The molecule has 1 aromatic carbocycles. The molecule has 1 heterocycles. The van der Waals surface area contributed by atoms with Crippen LogP contribution in [0.15, 0.2) is 42.5 Å². The Bertz CT molecular complexity index is 629. The number of carbonyl (C=O) groups excluding carboxylic acids is 1. The largest absolute Gasteiger partial charge is 0.354 e. The fraction of sp³-hybridized carbons (Fsp3) is 0.389. The van der Waals surface area contributed by atoms with Crippen LogP contribution < -0.4 is 5.32 Å². The van der Waals surface area contributed by atoms with E-state index in [0.29, 0.717) is 12.5 Å². The van der Waals surface area contributed by atoms with E-state index in [-0.39, 0.29) is 11.9 Å². The number of nitrogens with one attached hydrogen (secondary N) is 1. The summed E-state index contributed by atoms with van der Waals surface area (Å²) in [4.78, 5) is 15.5. The van der Waals surface area contributed by atoms with Crippen LogP contribution in [-0.4, -0.2) is 30.4 Å². The van der Waals surface area contributed by atoms with Gasteiger partial charge in [0.2, 0.25) is 5.91 Å². The lowest BCUT2D eigenvalue weighted by atomic mass is 10.0. The first-order chi connectivity index (χ1) is 11.0. The fourth-order valence-electron chi connectivity index (χ4n) is 2.32. The molecule has 0 aliphatic rings. The van der Waals surface area contributed by atoms with Crippen LogP contribution in [-0.2, 0) is 11.3 Å². The summed E-state index contributed by atoms with van der Waals surface area (Å²) >= 11 is 7.50. The second-order valence-corrected chi connectivity index (χ2v) is 7.65. The van der Waals surface area contributed by atoms with E-state index in [1.165, 1.54) is 5.56 Å². The first kappa shape index (κ1) is 18.0. The molecule has 1 aromatic heterocycles. The van der Waals surface area contributed by atoms with E-state index >= 15 is 0 Å². The van der Waals surface area contributed by atoms with Gasteiger partial charge >= 0.3 is 0 Å². The van der Waals surface area contributed by atoms with Gasteiger partial charge in [0.25, 0.3) is 0 Å². The molecular formula is C18H23ClN2OS. The molecule has 0 saturated carbocycles. The number of benzene rings is 1. The number of rotatable bonds is 7. The third-order valence-corrected chi connectivity index (χ3v) is 5.24. The highest BCUT2D eigenvalue weighted by atomic mass is 35.5. The normalized spacial score (nSPS) is 13.8. The Morgan fingerprint density at radius 1 is 1.22 bits per heavy atom. The summed E-state index contributed by atoms with van der Waals surface area (Å²) in [6.07, 6.45) is 0. The van der Waals surface area contributed by atoms with Crippen molar-refractivity contribution in [1.82, 2.24) is 10.2 Å². The number of halogens is 1. The molecule has 0 saturated heterocycles. The summed E-state index contributed by atoms with van der Waals surface area (Å²) in [7, 11) is 1.96. The molecule has 0 radical (unpaired) electrons. The average Bonchev–Trinajstić information content (AvgIpc) is 2.97. The zero-order valence-corrected chi connectivity index (χ0v) is 15.3. The first-order valence-electron chi connectivity index (χ1n) is 7.74. The van der Waals surface area contributed by atoms with Crippen molar-refractivity contribution in [1.29, 1.82) is 0 Å². The van der Waals surface area contributed by atoms with Gasteiger partial charge < -0.3 is 5.32 Å². The Hall–Kier alpha value is -1.36. The molecule has 1 amide bonds. The Labute approximate surface area is 147 Å². The molecule has 5 heteroatoms. The highest BCUT2D eigenvalue weighted by Gasteiger charge is 2.19. The lowest BCUT2D eigenvalue weighted by Crippen LogP contribution is -2.43. The van der Waals surface area contributed by atoms with Crippen molar-refractivity contribution in [3.05, 3.63) is 57.2 Å². The minimum absolute atomic E-state index is 0.0536. The lowest BCUT2D eigenvalue weighted by Gasteiger charge is -2.24. The lowest BCUT2D eigenvalue weighted by molar-refractivity contribution is -0.125. The molecule has 0 fully saturated rings. The molecule has 23 heavy (non-hydrogen) atoms. The Balaban J connectivity index is 1.82. The van der Waals surface area contributed by atoms with Crippen molar-refractivity contribution in [2.24, 2.45) is 0 Å². The van der Waals surface area contributed by atoms with Gasteiger partial charge in [-0.1, -0.05) is 48.9 Å². The monoisotopic (exact) mass is 350 g/mol. The van der Waals surface area contributed by atoms with E-state index in [2.05, 4.69) is 24.4 Å². The Kier molecular flexibility index (Phi) is 6.63. The van der Waals surface area contributed by atoms with Gasteiger partial charge in [-0.3, -0.25) is 9.69 Å². The minimum Gasteiger partial charge on any atom is -0.354 e. The van der Waals surface area contributed by atoms with Crippen molar-refractivity contribution in [2.75, 3.05) is 13.6 Å². The molecule has 124 valence electrons. The fourth-order valence-corrected chi connectivity index (χ4v) is 3.47. The van der Waals surface area contributed by atoms with E-state index in [0.717, 1.165) is 15.8 Å². The van der Waals surface area contributed by atoms with Crippen molar-refractivity contribution in [3.63, 3.8) is 0 Å². The van der Waals surface area contributed by atoms with Crippen LogP contribution in [0.5, 0.6) is 0 Å². The van der Waals surface area contributed by atoms with Crippen molar-refractivity contribution < 1.29 is 4.79 Å². The third-order valence-electron chi connectivity index (χ3n) is 4.03. The number of likely N-dealkylation sites (N-methyl/N-ethyl adjacent to an activating group) is 1. The summed E-state index contributed by atoms with van der Waals surface area (Å²) in [5.41, 5.74) is 1.24. The standard InChI is InChI=1S/C18H23ClN2OS/c1-13(15-7-5-4-6-8-15)11-20-18(22)14(2)21(3)12-16-9-10-17(19)23-16/h4-10,13-14H,11-12H2,1-3H3,(H,20,22). The van der Waals surface area contributed by atoms with E-state index < -0.39 is 0 Å². The molecule has 0 bridgehead atoms. The van der Waals surface area contributed by atoms with Crippen molar-refractivity contribution in [2.45, 2.75) is 32.4 Å². The van der Waals surface area contributed by atoms with Gasteiger partial charge in [0.15, 0.2) is 0 Å². The molecule has 0 spiro atoms. The summed E-state index contributed by atoms with van der Waals surface area (Å²) in [6, 6.07) is 13.9. The summed E-state index contributed by atoms with van der Waals surface area (Å²) in [6.45, 7) is 5.42. The second kappa shape index (κ2) is 8.48. The Morgan fingerprint density at radius 2 is 1.91 bits per heavy atom. The molecule has 2 rings (SSSR count). The van der Waals surface area contributed by atoms with Crippen LogP contribution >= 0.6 is 22.9 Å². The van der Waals surface area contributed by atoms with E-state index in [9.17, 15) is 4.79 Å². The molecule has 0 aliphatic carbocycles. The molecule has 3 nitrogen and oxygen atoms in total. The van der Waals surface area contributed by atoms with Crippen LogP contribution in [0.1, 0.15) is 30.2 Å². The quantitative estimate of drug-likeness (QED) is 0.813. The summed E-state index contributed by atoms with van der Waals surface area (Å²) in [5, 5.41) is 3.05. The van der Waals surface area contributed by atoms with Gasteiger partial charge in [-0.15, -0.1) is 11.3 Å². The van der Waals surface area contributed by atoms with Gasteiger partial charge in [0.1, 0.15) is 0 Å². The zero-order chi connectivity index (χ0) is 16.8. The van der Waals surface area contributed by atoms with Crippen LogP contribution in [0.3, 0.4) is 0 Å². The minimum atomic E-state index is -0.182. The van der Waals surface area contributed by atoms with Crippen molar-refractivity contribution >= 4 is 28.8 Å². The molecule has 2 aromatic rings. The van der Waals surface area contributed by atoms with Crippen LogP contribution in [0.25, 0.3) is 0 Å². The van der Waals surface area contributed by atoms with Gasteiger partial charge in [0, 0.05) is 18.0 Å². The molecule has 2 atom stereocenters. The number of carbonyl (C=O) groups is 1. The topological polar surface area (TPSA) is 32.3 Å².